The maximum absolute atomic E-state index is 10.4. The number of alkyl halides is 1. The van der Waals surface area contributed by atoms with Crippen LogP contribution in [0.2, 0.25) is 5.02 Å². The molecule has 0 amide bonds. The van der Waals surface area contributed by atoms with Crippen molar-refractivity contribution in [3.05, 3.63) is 45.5 Å². The van der Waals surface area contributed by atoms with E-state index in [9.17, 15) is 10.1 Å². The summed E-state index contributed by atoms with van der Waals surface area (Å²) in [6.45, 7) is 0.770. The number of halogens is 2. The highest BCUT2D eigenvalue weighted by molar-refractivity contribution is 6.32. The van der Waals surface area contributed by atoms with Crippen molar-refractivity contribution in [1.82, 2.24) is 0 Å². The second-order valence-electron chi connectivity index (χ2n) is 2.89. The van der Waals surface area contributed by atoms with E-state index in [1.165, 1.54) is 24.6 Å². The van der Waals surface area contributed by atoms with E-state index in [1.807, 2.05) is 0 Å². The summed E-state index contributed by atoms with van der Waals surface area (Å²) in [4.78, 5) is 9.93. The third-order valence-electron chi connectivity index (χ3n) is 1.76. The fourth-order valence-corrected chi connectivity index (χ4v) is 1.25. The van der Waals surface area contributed by atoms with Crippen molar-refractivity contribution in [2.45, 2.75) is 0 Å². The van der Waals surface area contributed by atoms with Crippen LogP contribution in [0.4, 0.5) is 5.69 Å². The van der Waals surface area contributed by atoms with Crippen molar-refractivity contribution < 1.29 is 9.66 Å². The molecule has 0 saturated heterocycles. The molecule has 18 heavy (non-hydrogen) atoms. The summed E-state index contributed by atoms with van der Waals surface area (Å²) in [5, 5.41) is 10.7. The lowest BCUT2D eigenvalue weighted by Gasteiger charge is -2.04. The van der Waals surface area contributed by atoms with Crippen LogP contribution in [0.3, 0.4) is 0 Å². The Bertz CT molecular complexity index is 411. The Balaban J connectivity index is 0.00000137. The Hall–Kier alpha value is -1.30. The van der Waals surface area contributed by atoms with Crippen LogP contribution in [0.25, 0.3) is 0 Å². The van der Waals surface area contributed by atoms with Crippen molar-refractivity contribution in [1.29, 1.82) is 0 Å². The van der Waals surface area contributed by atoms with Gasteiger partial charge in [-0.1, -0.05) is 23.8 Å². The van der Waals surface area contributed by atoms with Gasteiger partial charge in [-0.05, 0) is 6.07 Å². The number of rotatable bonds is 5. The van der Waals surface area contributed by atoms with Gasteiger partial charge in [0.25, 0.3) is 5.69 Å². The zero-order valence-electron chi connectivity index (χ0n) is 9.81. The molecule has 5 nitrogen and oxygen atoms in total. The Morgan fingerprint density at radius 1 is 1.44 bits per heavy atom. The fraction of sp³-hybridized carbons (Fsp3) is 0.273. The van der Waals surface area contributed by atoms with Crippen LogP contribution in [0.15, 0.2) is 30.4 Å². The molecule has 0 atom stereocenters. The van der Waals surface area contributed by atoms with Gasteiger partial charge < -0.3 is 10.5 Å². The summed E-state index contributed by atoms with van der Waals surface area (Å²) >= 11 is 10.4. The smallest absolute Gasteiger partial charge is 0.271 e. The number of hydrogen-bond donors (Lipinski definition) is 1. The quantitative estimate of drug-likeness (QED) is 0.392. The number of non-ortho nitro benzene ring substituents is 1. The van der Waals surface area contributed by atoms with E-state index >= 15 is 0 Å². The van der Waals surface area contributed by atoms with Crippen LogP contribution in [-0.4, -0.2) is 24.5 Å². The van der Waals surface area contributed by atoms with Gasteiger partial charge in [-0.2, -0.15) is 0 Å². The highest BCUT2D eigenvalue weighted by Crippen LogP contribution is 2.28. The molecule has 0 aromatic heterocycles. The summed E-state index contributed by atoms with van der Waals surface area (Å²) in [5.41, 5.74) is 5.19. The monoisotopic (exact) mass is 292 g/mol. The van der Waals surface area contributed by atoms with E-state index < -0.39 is 4.92 Å². The van der Waals surface area contributed by atoms with Gasteiger partial charge in [0.1, 0.15) is 12.4 Å². The minimum absolute atomic E-state index is 0.0603. The molecule has 2 N–H and O–H groups in total. The molecular weight excluding hydrogens is 279 g/mol. The molecule has 0 heterocycles. The van der Waals surface area contributed by atoms with Crippen molar-refractivity contribution in [2.24, 2.45) is 5.73 Å². The van der Waals surface area contributed by atoms with Gasteiger partial charge in [-0.3, -0.25) is 10.1 Å². The van der Waals surface area contributed by atoms with E-state index in [-0.39, 0.29) is 10.7 Å². The summed E-state index contributed by atoms with van der Waals surface area (Å²) in [5.74, 6) is 0.411. The van der Waals surface area contributed by atoms with E-state index in [0.717, 1.165) is 0 Å². The molecule has 0 saturated carbocycles. The van der Waals surface area contributed by atoms with Crippen molar-refractivity contribution in [3.8, 4) is 5.75 Å². The third kappa shape index (κ3) is 5.86. The average molecular weight is 293 g/mol. The van der Waals surface area contributed by atoms with Crippen molar-refractivity contribution >= 4 is 28.9 Å². The number of nitro groups is 1. The van der Waals surface area contributed by atoms with E-state index in [4.69, 9.17) is 22.1 Å². The predicted octanol–water partition coefficient (Wildman–Crippen LogP) is 3.00. The Kier molecular flexibility index (Phi) is 9.00. The average Bonchev–Trinajstić information content (AvgIpc) is 2.38. The molecule has 0 aliphatic heterocycles. The van der Waals surface area contributed by atoms with Gasteiger partial charge in [0.2, 0.25) is 0 Å². The second-order valence-corrected chi connectivity index (χ2v) is 3.30. The van der Waals surface area contributed by atoms with Crippen LogP contribution in [0.1, 0.15) is 0 Å². The second kappa shape index (κ2) is 9.70. The summed E-state index contributed by atoms with van der Waals surface area (Å²) in [6.07, 6.45) is 4.97. The van der Waals surface area contributed by atoms with Crippen LogP contribution < -0.4 is 10.5 Å². The first-order valence-electron chi connectivity index (χ1n) is 4.94. The minimum Gasteiger partial charge on any atom is -0.488 e. The zero-order chi connectivity index (χ0) is 14.0. The fourth-order valence-electron chi connectivity index (χ4n) is 1.02. The Morgan fingerprint density at radius 3 is 2.61 bits per heavy atom. The lowest BCUT2D eigenvalue weighted by atomic mass is 10.3. The van der Waals surface area contributed by atoms with Gasteiger partial charge >= 0.3 is 0 Å². The normalized spacial score (nSPS) is 9.78. The van der Waals surface area contributed by atoms with Crippen molar-refractivity contribution in [3.63, 3.8) is 0 Å². The lowest BCUT2D eigenvalue weighted by molar-refractivity contribution is -0.384. The molecule has 0 radical (unpaired) electrons. The summed E-state index contributed by atoms with van der Waals surface area (Å²) in [7, 11) is 0. The first-order valence-corrected chi connectivity index (χ1v) is 6.08. The Labute approximate surface area is 115 Å². The largest absolute Gasteiger partial charge is 0.488 e. The number of nitro benzene ring substituents is 1. The minimum atomic E-state index is -0.510. The summed E-state index contributed by atoms with van der Waals surface area (Å²) < 4.78 is 5.28. The molecule has 0 aliphatic rings. The maximum Gasteiger partial charge on any atom is 0.271 e. The molecule has 1 rings (SSSR count). The molecule has 0 aliphatic carbocycles. The number of benzene rings is 1. The van der Waals surface area contributed by atoms with E-state index in [0.29, 0.717) is 18.9 Å². The number of nitrogens with zero attached hydrogens (tertiary/aromatic N) is 1. The standard InChI is InChI=1S/C10H11ClN2O3.CH3Cl/c11-9-7-8(13(14)15)3-4-10(9)16-6-2-1-5-12;1-2/h1-4,7H,5-6,12H2;1H3/b2-1+;. The van der Waals surface area contributed by atoms with Crippen LogP contribution in [0.5, 0.6) is 5.75 Å². The third-order valence-corrected chi connectivity index (χ3v) is 2.06. The molecule has 0 bridgehead atoms. The number of ether oxygens (including phenoxy) is 1. The van der Waals surface area contributed by atoms with Crippen LogP contribution in [0, 0.1) is 10.1 Å². The molecule has 1 aromatic carbocycles. The lowest BCUT2D eigenvalue weighted by Crippen LogP contribution is -1.98. The van der Waals surface area contributed by atoms with Gasteiger partial charge in [-0.15, -0.1) is 11.6 Å². The van der Waals surface area contributed by atoms with Crippen molar-refractivity contribution in [2.75, 3.05) is 19.5 Å². The van der Waals surface area contributed by atoms with Gasteiger partial charge in [0, 0.05) is 25.1 Å². The maximum atomic E-state index is 10.4. The zero-order valence-corrected chi connectivity index (χ0v) is 11.3. The van der Waals surface area contributed by atoms with Gasteiger partial charge in [0.05, 0.1) is 9.95 Å². The number of nitrogens with two attached hydrogens (primary N) is 1. The topological polar surface area (TPSA) is 78.4 Å². The SMILES string of the molecule is CCl.NC/C=C/COc1ccc([N+](=O)[O-])cc1Cl. The molecular formula is C11H14Cl2N2O3. The van der Waals surface area contributed by atoms with Gasteiger partial charge in [0.15, 0.2) is 0 Å². The highest BCUT2D eigenvalue weighted by atomic mass is 35.5. The molecule has 0 fully saturated rings. The molecule has 100 valence electrons. The Morgan fingerprint density at radius 2 is 2.11 bits per heavy atom. The van der Waals surface area contributed by atoms with E-state index in [2.05, 4.69) is 11.6 Å². The summed E-state index contributed by atoms with van der Waals surface area (Å²) in [6, 6.07) is 4.06. The first kappa shape index (κ1) is 16.7. The van der Waals surface area contributed by atoms with Crippen LogP contribution >= 0.6 is 23.2 Å². The van der Waals surface area contributed by atoms with Gasteiger partial charge in [-0.25, -0.2) is 0 Å². The number of hydrogen-bond acceptors (Lipinski definition) is 4. The molecule has 7 heteroatoms. The first-order chi connectivity index (χ1) is 8.65. The van der Waals surface area contributed by atoms with E-state index in [1.54, 1.807) is 12.2 Å². The molecule has 0 spiro atoms. The molecule has 0 unspecified atom stereocenters. The predicted molar refractivity (Wildman–Crippen MR) is 73.6 cm³/mol. The van der Waals surface area contributed by atoms with Crippen LogP contribution in [-0.2, 0) is 0 Å². The highest BCUT2D eigenvalue weighted by Gasteiger charge is 2.09. The molecule has 1 aromatic rings.